The number of rotatable bonds is 4. The van der Waals surface area contributed by atoms with Crippen LogP contribution in [0.4, 0.5) is 0 Å². The van der Waals surface area contributed by atoms with E-state index in [9.17, 15) is 5.11 Å². The van der Waals surface area contributed by atoms with Gasteiger partial charge in [-0.25, -0.2) is 0 Å². The predicted octanol–water partition coefficient (Wildman–Crippen LogP) is 3.20. The minimum Gasteiger partial charge on any atom is -0.544 e. The highest BCUT2D eigenvalue weighted by Crippen LogP contribution is 2.34. The van der Waals surface area contributed by atoms with Crippen LogP contribution >= 0.6 is 0 Å². The summed E-state index contributed by atoms with van der Waals surface area (Å²) in [6, 6.07) is 8.17. The quantitative estimate of drug-likeness (QED) is 0.865. The summed E-state index contributed by atoms with van der Waals surface area (Å²) in [6.07, 6.45) is 2.21. The Morgan fingerprint density at radius 2 is 1.85 bits per heavy atom. The summed E-state index contributed by atoms with van der Waals surface area (Å²) in [5.74, 6) is 0.906. The molecule has 1 heterocycles. The third-order valence-corrected chi connectivity index (χ3v) is 4.88. The Kier molecular flexibility index (Phi) is 4.28. The summed E-state index contributed by atoms with van der Waals surface area (Å²) in [6.45, 7) is 9.51. The van der Waals surface area contributed by atoms with E-state index in [1.165, 1.54) is 0 Å². The summed E-state index contributed by atoms with van der Waals surface area (Å²) in [7, 11) is 0.523. The molecule has 0 spiro atoms. The smallest absolute Gasteiger partial charge is 0.242 e. The molecule has 1 aliphatic heterocycles. The minimum absolute atomic E-state index is 0.200. The van der Waals surface area contributed by atoms with E-state index >= 15 is 0 Å². The molecule has 112 valence electrons. The van der Waals surface area contributed by atoms with Crippen LogP contribution in [0.5, 0.6) is 5.75 Å². The second kappa shape index (κ2) is 5.51. The molecule has 4 heteroatoms. The third kappa shape index (κ3) is 3.43. The van der Waals surface area contributed by atoms with Crippen molar-refractivity contribution in [3.8, 4) is 5.75 Å². The van der Waals surface area contributed by atoms with Crippen molar-refractivity contribution in [2.24, 2.45) is 0 Å². The molecule has 1 N–H and O–H groups in total. The fourth-order valence-electron chi connectivity index (χ4n) is 3.03. The first-order chi connectivity index (χ1) is 9.20. The van der Waals surface area contributed by atoms with Crippen LogP contribution in [0.1, 0.15) is 25.3 Å². The Bertz CT molecular complexity index is 451. The highest BCUT2D eigenvalue weighted by atomic mass is 28.4. The molecule has 1 unspecified atom stereocenters. The predicted molar refractivity (Wildman–Crippen MR) is 85.6 cm³/mol. The normalized spacial score (nSPS) is 23.6. The number of hydrogen-bond donors (Lipinski definition) is 1. The maximum Gasteiger partial charge on any atom is 0.242 e. The lowest BCUT2D eigenvalue weighted by atomic mass is 9.87. The van der Waals surface area contributed by atoms with E-state index in [0.717, 1.165) is 30.7 Å². The fourth-order valence-corrected chi connectivity index (χ4v) is 3.87. The van der Waals surface area contributed by atoms with Crippen LogP contribution in [0.15, 0.2) is 24.3 Å². The second-order valence-corrected chi connectivity index (χ2v) is 11.5. The van der Waals surface area contributed by atoms with Gasteiger partial charge in [0.05, 0.1) is 0 Å². The van der Waals surface area contributed by atoms with Crippen LogP contribution in [-0.4, -0.2) is 38.0 Å². The van der Waals surface area contributed by atoms with E-state index in [1.54, 1.807) is 0 Å². The van der Waals surface area contributed by atoms with Crippen molar-refractivity contribution in [2.45, 2.75) is 51.0 Å². The molecular formula is C16H27NO2Si. The number of hydrogen-bond acceptors (Lipinski definition) is 3. The first kappa shape index (κ1) is 15.5. The van der Waals surface area contributed by atoms with Crippen LogP contribution in [-0.2, 0) is 5.60 Å². The zero-order valence-corrected chi connectivity index (χ0v) is 14.3. The number of benzene rings is 1. The Hall–Kier alpha value is -0.843. The third-order valence-electron chi connectivity index (χ3n) is 4.03. The Balaban J connectivity index is 2.16. The van der Waals surface area contributed by atoms with Gasteiger partial charge in [0.15, 0.2) is 0 Å². The Morgan fingerprint density at radius 3 is 2.30 bits per heavy atom. The van der Waals surface area contributed by atoms with Gasteiger partial charge in [-0.1, -0.05) is 12.1 Å². The van der Waals surface area contributed by atoms with Gasteiger partial charge >= 0.3 is 0 Å². The van der Waals surface area contributed by atoms with Gasteiger partial charge in [0.2, 0.25) is 8.32 Å². The Labute approximate surface area is 123 Å². The van der Waals surface area contributed by atoms with Gasteiger partial charge in [0.1, 0.15) is 11.4 Å². The van der Waals surface area contributed by atoms with E-state index in [2.05, 4.69) is 31.6 Å². The van der Waals surface area contributed by atoms with Crippen molar-refractivity contribution in [1.29, 1.82) is 0 Å². The molecular weight excluding hydrogens is 266 g/mol. The Morgan fingerprint density at radius 1 is 1.25 bits per heavy atom. The standard InChI is InChI=1S/C16H27NO2Si/c1-16(18,15-7-6-12-17(15)2)13-8-10-14(11-9-13)19-20(3,4)5/h8-11,15,18H,6-7,12H2,1-5H3/t15-,16?/m1/s1. The van der Waals surface area contributed by atoms with Gasteiger partial charge in [0.25, 0.3) is 0 Å². The van der Waals surface area contributed by atoms with Gasteiger partial charge in [0, 0.05) is 6.04 Å². The van der Waals surface area contributed by atoms with E-state index < -0.39 is 13.9 Å². The number of aliphatic hydroxyl groups is 1. The summed E-state index contributed by atoms with van der Waals surface area (Å²) in [5, 5.41) is 10.9. The molecule has 0 amide bonds. The molecule has 1 fully saturated rings. The van der Waals surface area contributed by atoms with Crippen molar-refractivity contribution >= 4 is 8.32 Å². The summed E-state index contributed by atoms with van der Waals surface area (Å²) < 4.78 is 5.96. The van der Waals surface area contributed by atoms with Crippen LogP contribution in [0.2, 0.25) is 19.6 Å². The first-order valence-electron chi connectivity index (χ1n) is 7.42. The molecule has 0 aliphatic carbocycles. The molecule has 2 rings (SSSR count). The van der Waals surface area contributed by atoms with Gasteiger partial charge in [-0.3, -0.25) is 0 Å². The molecule has 2 atom stereocenters. The van der Waals surface area contributed by atoms with Gasteiger partial charge < -0.3 is 14.4 Å². The van der Waals surface area contributed by atoms with Crippen molar-refractivity contribution < 1.29 is 9.53 Å². The van der Waals surface area contributed by atoms with Gasteiger partial charge in [-0.15, -0.1) is 0 Å². The highest BCUT2D eigenvalue weighted by Gasteiger charge is 2.38. The lowest BCUT2D eigenvalue weighted by molar-refractivity contribution is -0.0153. The molecule has 0 aromatic heterocycles. The van der Waals surface area contributed by atoms with Crippen LogP contribution in [0.25, 0.3) is 0 Å². The number of likely N-dealkylation sites (N-methyl/N-ethyl adjacent to an activating group) is 1. The summed E-state index contributed by atoms with van der Waals surface area (Å²) in [4.78, 5) is 2.26. The first-order valence-corrected chi connectivity index (χ1v) is 10.8. The monoisotopic (exact) mass is 293 g/mol. The molecule has 1 aliphatic rings. The van der Waals surface area contributed by atoms with Gasteiger partial charge in [-0.05, 0) is 70.7 Å². The molecule has 0 radical (unpaired) electrons. The molecule has 3 nitrogen and oxygen atoms in total. The van der Waals surface area contributed by atoms with Crippen LogP contribution in [0, 0.1) is 0 Å². The fraction of sp³-hybridized carbons (Fsp3) is 0.625. The molecule has 0 bridgehead atoms. The van der Waals surface area contributed by atoms with Crippen molar-refractivity contribution in [2.75, 3.05) is 13.6 Å². The SMILES string of the molecule is CN1CCC[C@@H]1C(C)(O)c1ccc(O[Si](C)(C)C)cc1. The largest absolute Gasteiger partial charge is 0.544 e. The molecule has 20 heavy (non-hydrogen) atoms. The minimum atomic E-state index is -1.57. The van der Waals surface area contributed by atoms with Crippen molar-refractivity contribution in [3.63, 3.8) is 0 Å². The van der Waals surface area contributed by atoms with Crippen LogP contribution < -0.4 is 4.43 Å². The zero-order chi connectivity index (χ0) is 15.0. The molecule has 0 saturated carbocycles. The molecule has 1 aromatic rings. The van der Waals surface area contributed by atoms with Crippen LogP contribution in [0.3, 0.4) is 0 Å². The van der Waals surface area contributed by atoms with Crippen molar-refractivity contribution in [1.82, 2.24) is 4.90 Å². The van der Waals surface area contributed by atoms with E-state index in [4.69, 9.17) is 4.43 Å². The maximum atomic E-state index is 10.9. The molecule has 1 saturated heterocycles. The average Bonchev–Trinajstić information content (AvgIpc) is 2.74. The van der Waals surface area contributed by atoms with E-state index in [-0.39, 0.29) is 6.04 Å². The van der Waals surface area contributed by atoms with Crippen molar-refractivity contribution in [3.05, 3.63) is 29.8 Å². The lowest BCUT2D eigenvalue weighted by Gasteiger charge is -2.35. The molecule has 1 aromatic carbocycles. The van der Waals surface area contributed by atoms with E-state index in [0.29, 0.717) is 0 Å². The maximum absolute atomic E-state index is 10.9. The van der Waals surface area contributed by atoms with E-state index in [1.807, 2.05) is 31.2 Å². The lowest BCUT2D eigenvalue weighted by Crippen LogP contribution is -2.43. The number of likely N-dealkylation sites (tertiary alicyclic amines) is 1. The summed E-state index contributed by atoms with van der Waals surface area (Å²) >= 11 is 0. The topological polar surface area (TPSA) is 32.7 Å². The highest BCUT2D eigenvalue weighted by molar-refractivity contribution is 6.70. The summed E-state index contributed by atoms with van der Waals surface area (Å²) in [5.41, 5.74) is 0.169. The van der Waals surface area contributed by atoms with Gasteiger partial charge in [-0.2, -0.15) is 0 Å². The second-order valence-electron chi connectivity index (χ2n) is 7.02. The number of nitrogens with zero attached hydrogens (tertiary/aromatic N) is 1. The average molecular weight is 293 g/mol. The zero-order valence-electron chi connectivity index (χ0n) is 13.3.